The van der Waals surface area contributed by atoms with Gasteiger partial charge in [-0.05, 0) is 79.6 Å². The lowest BCUT2D eigenvalue weighted by molar-refractivity contribution is -0.116. The third kappa shape index (κ3) is 5.37. The van der Waals surface area contributed by atoms with Gasteiger partial charge in [0.2, 0.25) is 15.9 Å². The lowest BCUT2D eigenvalue weighted by Gasteiger charge is -2.16. The first-order valence-corrected chi connectivity index (χ1v) is 10.6. The van der Waals surface area contributed by atoms with E-state index in [4.69, 9.17) is 0 Å². The van der Waals surface area contributed by atoms with Crippen molar-refractivity contribution in [3.63, 3.8) is 0 Å². The minimum Gasteiger partial charge on any atom is -0.326 e. The fourth-order valence-electron chi connectivity index (χ4n) is 3.17. The van der Waals surface area contributed by atoms with Gasteiger partial charge in [0.1, 0.15) is 5.82 Å². The molecule has 0 saturated carbocycles. The fraction of sp³-hybridized carbons (Fsp3) is 0.350. The molecular weight excluding hydrogens is 367 g/mol. The number of sulfonamides is 1. The standard InChI is InChI=1S/C20H23FN2O3S/c21-17-8-10-18(11-9-17)23-20(24)6-3-13-22-27(25,26)19-12-7-15-4-1-2-5-16(15)14-19/h7-12,14,22H,1-6,13H2,(H,23,24). The van der Waals surface area contributed by atoms with E-state index in [1.165, 1.54) is 29.8 Å². The summed E-state index contributed by atoms with van der Waals surface area (Å²) < 4.78 is 40.3. The maximum Gasteiger partial charge on any atom is 0.240 e. The molecule has 1 amide bonds. The molecule has 0 fully saturated rings. The number of hydrogen-bond acceptors (Lipinski definition) is 3. The van der Waals surface area contributed by atoms with E-state index in [-0.39, 0.29) is 29.6 Å². The van der Waals surface area contributed by atoms with Gasteiger partial charge < -0.3 is 5.32 Å². The average Bonchev–Trinajstić information content (AvgIpc) is 2.67. The van der Waals surface area contributed by atoms with Crippen molar-refractivity contribution < 1.29 is 17.6 Å². The van der Waals surface area contributed by atoms with Gasteiger partial charge in [0, 0.05) is 18.7 Å². The van der Waals surface area contributed by atoms with Crippen molar-refractivity contribution in [3.8, 4) is 0 Å². The summed E-state index contributed by atoms with van der Waals surface area (Å²) in [5.74, 6) is -0.612. The summed E-state index contributed by atoms with van der Waals surface area (Å²) in [7, 11) is -3.58. The Labute approximate surface area is 159 Å². The van der Waals surface area contributed by atoms with Crippen molar-refractivity contribution >= 4 is 21.6 Å². The van der Waals surface area contributed by atoms with E-state index in [0.29, 0.717) is 12.1 Å². The first-order valence-electron chi connectivity index (χ1n) is 9.11. The monoisotopic (exact) mass is 390 g/mol. The second-order valence-corrected chi connectivity index (χ2v) is 8.46. The topological polar surface area (TPSA) is 75.3 Å². The third-order valence-corrected chi connectivity index (χ3v) is 6.09. The van der Waals surface area contributed by atoms with E-state index >= 15 is 0 Å². The number of anilines is 1. The number of fused-ring (bicyclic) bond motifs is 1. The van der Waals surface area contributed by atoms with Gasteiger partial charge >= 0.3 is 0 Å². The van der Waals surface area contributed by atoms with Crippen molar-refractivity contribution in [1.29, 1.82) is 0 Å². The molecule has 0 aliphatic heterocycles. The minimum atomic E-state index is -3.58. The number of rotatable bonds is 7. The van der Waals surface area contributed by atoms with Gasteiger partial charge in [0.05, 0.1) is 4.90 Å². The van der Waals surface area contributed by atoms with Gasteiger partial charge in [-0.25, -0.2) is 17.5 Å². The SMILES string of the molecule is O=C(CCCNS(=O)(=O)c1ccc2c(c1)CCCC2)Nc1ccc(F)cc1. The van der Waals surface area contributed by atoms with Crippen molar-refractivity contribution in [2.24, 2.45) is 0 Å². The highest BCUT2D eigenvalue weighted by molar-refractivity contribution is 7.89. The quantitative estimate of drug-likeness (QED) is 0.712. The lowest BCUT2D eigenvalue weighted by Crippen LogP contribution is -2.26. The summed E-state index contributed by atoms with van der Waals surface area (Å²) in [4.78, 5) is 12.1. The molecule has 2 aromatic carbocycles. The van der Waals surface area contributed by atoms with Crippen LogP contribution in [-0.2, 0) is 27.7 Å². The molecule has 3 rings (SSSR count). The Morgan fingerprint density at radius 3 is 2.44 bits per heavy atom. The van der Waals surface area contributed by atoms with Crippen LogP contribution in [0.15, 0.2) is 47.4 Å². The van der Waals surface area contributed by atoms with Gasteiger partial charge in [-0.2, -0.15) is 0 Å². The summed E-state index contributed by atoms with van der Waals surface area (Å²) in [6, 6.07) is 10.8. The van der Waals surface area contributed by atoms with Crippen LogP contribution in [0.3, 0.4) is 0 Å². The Morgan fingerprint density at radius 2 is 1.70 bits per heavy atom. The molecule has 2 aromatic rings. The molecule has 0 saturated heterocycles. The number of aryl methyl sites for hydroxylation is 2. The summed E-state index contributed by atoms with van der Waals surface area (Å²) >= 11 is 0. The van der Waals surface area contributed by atoms with Crippen LogP contribution < -0.4 is 10.0 Å². The van der Waals surface area contributed by atoms with Gasteiger partial charge in [-0.15, -0.1) is 0 Å². The normalized spacial score (nSPS) is 13.8. The van der Waals surface area contributed by atoms with E-state index in [1.807, 2.05) is 6.07 Å². The maximum absolute atomic E-state index is 12.8. The van der Waals surface area contributed by atoms with Crippen LogP contribution in [0, 0.1) is 5.82 Å². The number of amides is 1. The van der Waals surface area contributed by atoms with Crippen molar-refractivity contribution in [1.82, 2.24) is 4.72 Å². The molecule has 2 N–H and O–H groups in total. The highest BCUT2D eigenvalue weighted by Crippen LogP contribution is 2.24. The van der Waals surface area contributed by atoms with Crippen LogP contribution in [0.5, 0.6) is 0 Å². The van der Waals surface area contributed by atoms with Crippen molar-refractivity contribution in [2.45, 2.75) is 43.4 Å². The van der Waals surface area contributed by atoms with Crippen molar-refractivity contribution in [2.75, 3.05) is 11.9 Å². The molecule has 0 spiro atoms. The van der Waals surface area contributed by atoms with Crippen LogP contribution in [0.4, 0.5) is 10.1 Å². The van der Waals surface area contributed by atoms with Crippen LogP contribution >= 0.6 is 0 Å². The first kappa shape index (κ1) is 19.5. The van der Waals surface area contributed by atoms with Crippen LogP contribution in [0.1, 0.15) is 36.8 Å². The van der Waals surface area contributed by atoms with Gasteiger partial charge in [0.15, 0.2) is 0 Å². The van der Waals surface area contributed by atoms with Crippen molar-refractivity contribution in [3.05, 3.63) is 59.4 Å². The second kappa shape index (κ2) is 8.63. The lowest BCUT2D eigenvalue weighted by atomic mass is 9.92. The van der Waals surface area contributed by atoms with E-state index in [9.17, 15) is 17.6 Å². The second-order valence-electron chi connectivity index (χ2n) is 6.69. The zero-order chi connectivity index (χ0) is 19.3. The highest BCUT2D eigenvalue weighted by atomic mass is 32.2. The molecule has 5 nitrogen and oxygen atoms in total. The molecular formula is C20H23FN2O3S. The molecule has 27 heavy (non-hydrogen) atoms. The van der Waals surface area contributed by atoms with E-state index in [0.717, 1.165) is 31.2 Å². The summed E-state index contributed by atoms with van der Waals surface area (Å²) in [5.41, 5.74) is 2.86. The molecule has 1 aliphatic carbocycles. The van der Waals surface area contributed by atoms with Gasteiger partial charge in [-0.1, -0.05) is 6.07 Å². The molecule has 7 heteroatoms. The largest absolute Gasteiger partial charge is 0.326 e. The number of halogens is 1. The van der Waals surface area contributed by atoms with Gasteiger partial charge in [-0.3, -0.25) is 4.79 Å². The molecule has 1 aliphatic rings. The Balaban J connectivity index is 1.47. The molecule has 144 valence electrons. The fourth-order valence-corrected chi connectivity index (χ4v) is 4.30. The number of hydrogen-bond donors (Lipinski definition) is 2. The predicted octanol–water partition coefficient (Wildman–Crippen LogP) is 3.40. The molecule has 0 aromatic heterocycles. The molecule has 0 radical (unpaired) electrons. The van der Waals surface area contributed by atoms with E-state index in [2.05, 4.69) is 10.0 Å². The number of carbonyl (C=O) groups excluding carboxylic acids is 1. The molecule has 0 bridgehead atoms. The zero-order valence-electron chi connectivity index (χ0n) is 15.0. The Morgan fingerprint density at radius 1 is 1.00 bits per heavy atom. The smallest absolute Gasteiger partial charge is 0.240 e. The zero-order valence-corrected chi connectivity index (χ0v) is 15.8. The summed E-state index contributed by atoms with van der Waals surface area (Å²) in [6.45, 7) is 0.177. The Kier molecular flexibility index (Phi) is 6.23. The molecule has 0 atom stereocenters. The Bertz CT molecular complexity index is 911. The van der Waals surface area contributed by atoms with Crippen LogP contribution in [-0.4, -0.2) is 20.9 Å². The summed E-state index contributed by atoms with van der Waals surface area (Å²) in [6.07, 6.45) is 4.71. The van der Waals surface area contributed by atoms with Crippen LogP contribution in [0.25, 0.3) is 0 Å². The average molecular weight is 390 g/mol. The predicted molar refractivity (Wildman–Crippen MR) is 103 cm³/mol. The van der Waals surface area contributed by atoms with Gasteiger partial charge in [0.25, 0.3) is 0 Å². The number of carbonyl (C=O) groups is 1. The molecule has 0 heterocycles. The van der Waals surface area contributed by atoms with E-state index < -0.39 is 10.0 Å². The minimum absolute atomic E-state index is 0.171. The van der Waals surface area contributed by atoms with E-state index in [1.54, 1.807) is 12.1 Å². The first-order chi connectivity index (χ1) is 12.9. The highest BCUT2D eigenvalue weighted by Gasteiger charge is 2.17. The molecule has 0 unspecified atom stereocenters. The van der Waals surface area contributed by atoms with Crippen LogP contribution in [0.2, 0.25) is 0 Å². The number of benzene rings is 2. The number of nitrogens with one attached hydrogen (secondary N) is 2. The Hall–Kier alpha value is -2.25. The maximum atomic E-state index is 12.8. The summed E-state index contributed by atoms with van der Waals surface area (Å²) in [5, 5.41) is 2.65. The third-order valence-electron chi connectivity index (χ3n) is 4.63.